The van der Waals surface area contributed by atoms with Crippen LogP contribution in [0.4, 0.5) is 22.0 Å². The number of alkyl halides is 5. The number of carbonyl (C=O) groups is 1. The Morgan fingerprint density at radius 3 is 1.64 bits per heavy atom. The van der Waals surface area contributed by atoms with E-state index in [1.807, 2.05) is 0 Å². The molecule has 0 spiro atoms. The third-order valence-corrected chi connectivity index (χ3v) is 0.719. The smallest absolute Gasteiger partial charge is 0.369 e. The molecular weight excluding hydrogens is 177 g/mol. The first kappa shape index (κ1) is 10.1. The monoisotopic (exact) mass is 179 g/mol. The molecule has 0 aliphatic rings. The Morgan fingerprint density at radius 1 is 1.18 bits per heavy atom. The second-order valence-electron chi connectivity index (χ2n) is 1.48. The van der Waals surface area contributed by atoms with Gasteiger partial charge >= 0.3 is 18.1 Å². The van der Waals surface area contributed by atoms with Crippen LogP contribution in [0.3, 0.4) is 0 Å². The SMILES string of the molecule is NOC(=O)C(F)(F)C(F)(F)F. The van der Waals surface area contributed by atoms with Crippen LogP contribution in [0.15, 0.2) is 0 Å². The Bertz CT molecular complexity index is 164. The third kappa shape index (κ3) is 1.76. The van der Waals surface area contributed by atoms with Gasteiger partial charge in [0.15, 0.2) is 0 Å². The second kappa shape index (κ2) is 2.61. The lowest BCUT2D eigenvalue weighted by atomic mass is 10.3. The zero-order chi connectivity index (χ0) is 9.28. The predicted octanol–water partition coefficient (Wildman–Crippen LogP) is 0.601. The molecule has 0 aliphatic carbocycles. The Labute approximate surface area is 56.9 Å². The Kier molecular flexibility index (Phi) is 2.39. The zero-order valence-electron chi connectivity index (χ0n) is 4.78. The molecule has 0 aliphatic heterocycles. The Balaban J connectivity index is 4.59. The summed E-state index contributed by atoms with van der Waals surface area (Å²) in [6.45, 7) is 0. The molecule has 2 N–H and O–H groups in total. The van der Waals surface area contributed by atoms with Crippen molar-refractivity contribution in [2.24, 2.45) is 5.90 Å². The molecule has 0 radical (unpaired) electrons. The normalized spacial score (nSPS) is 12.9. The molecular formula is C3H2F5NO2. The molecule has 0 aromatic carbocycles. The van der Waals surface area contributed by atoms with Crippen molar-refractivity contribution >= 4 is 5.97 Å². The van der Waals surface area contributed by atoms with Gasteiger partial charge in [-0.05, 0) is 0 Å². The molecule has 0 amide bonds. The van der Waals surface area contributed by atoms with Gasteiger partial charge in [-0.15, -0.1) is 0 Å². The van der Waals surface area contributed by atoms with E-state index in [9.17, 15) is 26.7 Å². The van der Waals surface area contributed by atoms with Gasteiger partial charge in [0.05, 0.1) is 0 Å². The number of halogens is 5. The third-order valence-electron chi connectivity index (χ3n) is 0.719. The summed E-state index contributed by atoms with van der Waals surface area (Å²) < 4.78 is 56.8. The van der Waals surface area contributed by atoms with E-state index in [0.717, 1.165) is 0 Å². The van der Waals surface area contributed by atoms with Gasteiger partial charge in [0, 0.05) is 0 Å². The molecule has 0 fully saturated rings. The molecule has 3 nitrogen and oxygen atoms in total. The number of hydrogen-bond donors (Lipinski definition) is 1. The Morgan fingerprint density at radius 2 is 1.55 bits per heavy atom. The van der Waals surface area contributed by atoms with Crippen LogP contribution in [0.5, 0.6) is 0 Å². The fourth-order valence-corrected chi connectivity index (χ4v) is 0.190. The van der Waals surface area contributed by atoms with Gasteiger partial charge in [-0.3, -0.25) is 0 Å². The summed E-state index contributed by atoms with van der Waals surface area (Å²) in [7, 11) is 0. The molecule has 0 atom stereocenters. The van der Waals surface area contributed by atoms with Crippen molar-refractivity contribution in [3.8, 4) is 0 Å². The topological polar surface area (TPSA) is 52.3 Å². The lowest BCUT2D eigenvalue weighted by Gasteiger charge is -2.15. The summed E-state index contributed by atoms with van der Waals surface area (Å²) in [6, 6.07) is 0. The van der Waals surface area contributed by atoms with E-state index in [1.54, 1.807) is 0 Å². The van der Waals surface area contributed by atoms with Gasteiger partial charge in [-0.2, -0.15) is 27.8 Å². The summed E-state index contributed by atoms with van der Waals surface area (Å²) in [4.78, 5) is 12.4. The average molecular weight is 179 g/mol. The van der Waals surface area contributed by atoms with Gasteiger partial charge in [0.1, 0.15) is 0 Å². The molecule has 0 aromatic rings. The van der Waals surface area contributed by atoms with Crippen molar-refractivity contribution in [3.63, 3.8) is 0 Å². The number of carbonyl (C=O) groups excluding carboxylic acids is 1. The predicted molar refractivity (Wildman–Crippen MR) is 21.3 cm³/mol. The highest BCUT2D eigenvalue weighted by Gasteiger charge is 2.65. The van der Waals surface area contributed by atoms with Crippen molar-refractivity contribution in [1.29, 1.82) is 0 Å². The van der Waals surface area contributed by atoms with Crippen LogP contribution in [0, 0.1) is 0 Å². The van der Waals surface area contributed by atoms with Crippen molar-refractivity contribution in [2.45, 2.75) is 12.1 Å². The van der Waals surface area contributed by atoms with Crippen LogP contribution in [-0.4, -0.2) is 18.1 Å². The fraction of sp³-hybridized carbons (Fsp3) is 0.667. The standard InChI is InChI=1S/C3H2F5NO2/c4-2(5,1(10)11-9)3(6,7)8/h9H2. The number of rotatable bonds is 1. The first-order chi connectivity index (χ1) is 4.73. The molecule has 0 rings (SSSR count). The van der Waals surface area contributed by atoms with Crippen LogP contribution < -0.4 is 5.90 Å². The number of nitrogens with two attached hydrogens (primary N) is 1. The summed E-state index contributed by atoms with van der Waals surface area (Å²) in [5.74, 6) is -4.54. The molecule has 0 saturated carbocycles. The van der Waals surface area contributed by atoms with E-state index >= 15 is 0 Å². The molecule has 11 heavy (non-hydrogen) atoms. The maximum Gasteiger partial charge on any atom is 0.465 e. The van der Waals surface area contributed by atoms with E-state index in [4.69, 9.17) is 0 Å². The quantitative estimate of drug-likeness (QED) is 0.473. The van der Waals surface area contributed by atoms with Crippen molar-refractivity contribution in [3.05, 3.63) is 0 Å². The van der Waals surface area contributed by atoms with E-state index in [1.165, 1.54) is 0 Å². The van der Waals surface area contributed by atoms with Crippen molar-refractivity contribution in [2.75, 3.05) is 0 Å². The van der Waals surface area contributed by atoms with Crippen LogP contribution >= 0.6 is 0 Å². The van der Waals surface area contributed by atoms with E-state index in [-0.39, 0.29) is 0 Å². The van der Waals surface area contributed by atoms with Gasteiger partial charge in [0.2, 0.25) is 0 Å². The number of hydrogen-bond acceptors (Lipinski definition) is 3. The van der Waals surface area contributed by atoms with E-state index in [0.29, 0.717) is 0 Å². The highest BCUT2D eigenvalue weighted by atomic mass is 19.4. The van der Waals surface area contributed by atoms with Crippen LogP contribution in [-0.2, 0) is 9.63 Å². The van der Waals surface area contributed by atoms with Crippen LogP contribution in [0.25, 0.3) is 0 Å². The fourth-order valence-electron chi connectivity index (χ4n) is 0.190. The summed E-state index contributed by atoms with van der Waals surface area (Å²) in [6.07, 6.45) is -5.97. The lowest BCUT2D eigenvalue weighted by Crippen LogP contribution is -2.46. The van der Waals surface area contributed by atoms with Gasteiger partial charge < -0.3 is 4.84 Å². The van der Waals surface area contributed by atoms with E-state index in [2.05, 4.69) is 10.7 Å². The van der Waals surface area contributed by atoms with Crippen molar-refractivity contribution in [1.82, 2.24) is 0 Å². The molecule has 0 unspecified atom stereocenters. The summed E-state index contributed by atoms with van der Waals surface area (Å²) in [5.41, 5.74) is 0. The maximum absolute atomic E-state index is 11.6. The van der Waals surface area contributed by atoms with Crippen LogP contribution in [0.2, 0.25) is 0 Å². The van der Waals surface area contributed by atoms with Gasteiger partial charge in [-0.25, -0.2) is 4.79 Å². The largest absolute Gasteiger partial charge is 0.465 e. The first-order valence-electron chi connectivity index (χ1n) is 2.09. The lowest BCUT2D eigenvalue weighted by molar-refractivity contribution is -0.280. The molecule has 0 aromatic heterocycles. The maximum atomic E-state index is 11.6. The molecule has 0 saturated heterocycles. The van der Waals surface area contributed by atoms with E-state index < -0.39 is 18.1 Å². The Hall–Kier alpha value is -0.920. The minimum absolute atomic E-state index is 2.73. The summed E-state index contributed by atoms with van der Waals surface area (Å²) in [5, 5.41) is 0. The van der Waals surface area contributed by atoms with Gasteiger partial charge in [0.25, 0.3) is 0 Å². The average Bonchev–Trinajstić information content (AvgIpc) is 1.83. The zero-order valence-corrected chi connectivity index (χ0v) is 4.78. The second-order valence-corrected chi connectivity index (χ2v) is 1.48. The molecule has 8 heteroatoms. The molecule has 66 valence electrons. The van der Waals surface area contributed by atoms with Crippen LogP contribution in [0.1, 0.15) is 0 Å². The highest BCUT2D eigenvalue weighted by Crippen LogP contribution is 2.35. The molecule has 0 bridgehead atoms. The first-order valence-corrected chi connectivity index (χ1v) is 2.09. The highest BCUT2D eigenvalue weighted by molar-refractivity contribution is 5.78. The van der Waals surface area contributed by atoms with Gasteiger partial charge in [-0.1, -0.05) is 0 Å². The summed E-state index contributed by atoms with van der Waals surface area (Å²) >= 11 is 0. The van der Waals surface area contributed by atoms with Crippen molar-refractivity contribution < 1.29 is 31.6 Å². The minimum atomic E-state index is -5.97. The molecule has 0 heterocycles. The minimum Gasteiger partial charge on any atom is -0.369 e.